The zero-order valence-corrected chi connectivity index (χ0v) is 11.4. The normalized spacial score (nSPS) is 24.9. The molecule has 1 fully saturated rings. The van der Waals surface area contributed by atoms with Crippen LogP contribution in [0, 0.1) is 11.3 Å². The summed E-state index contributed by atoms with van der Waals surface area (Å²) in [6.45, 7) is 7.19. The summed E-state index contributed by atoms with van der Waals surface area (Å²) >= 11 is 0. The number of furan rings is 1. The second kappa shape index (κ2) is 5.13. The van der Waals surface area contributed by atoms with Crippen molar-refractivity contribution >= 4 is 0 Å². The third-order valence-corrected chi connectivity index (χ3v) is 3.80. The minimum Gasteiger partial charge on any atom is -0.468 e. The summed E-state index contributed by atoms with van der Waals surface area (Å²) < 4.78 is 5.43. The molecule has 1 saturated heterocycles. The first-order valence-electron chi connectivity index (χ1n) is 6.37. The van der Waals surface area contributed by atoms with Crippen LogP contribution in [-0.2, 0) is 6.54 Å². The molecule has 2 rings (SSSR count). The van der Waals surface area contributed by atoms with Crippen molar-refractivity contribution in [3.8, 4) is 6.07 Å². The molecule has 1 unspecified atom stereocenters. The lowest BCUT2D eigenvalue weighted by molar-refractivity contribution is -0.0126. The maximum atomic E-state index is 8.90. The van der Waals surface area contributed by atoms with Crippen molar-refractivity contribution < 1.29 is 4.42 Å². The van der Waals surface area contributed by atoms with Crippen molar-refractivity contribution in [1.82, 2.24) is 9.80 Å². The smallest absolute Gasteiger partial charge is 0.117 e. The van der Waals surface area contributed by atoms with Crippen LogP contribution in [0.4, 0.5) is 0 Å². The lowest BCUT2D eigenvalue weighted by Gasteiger charge is -2.49. The van der Waals surface area contributed by atoms with Crippen LogP contribution in [-0.4, -0.2) is 41.5 Å². The Morgan fingerprint density at radius 1 is 1.56 bits per heavy atom. The van der Waals surface area contributed by atoms with Crippen LogP contribution >= 0.6 is 0 Å². The van der Waals surface area contributed by atoms with E-state index in [0.717, 1.165) is 25.4 Å². The highest BCUT2D eigenvalue weighted by Crippen LogP contribution is 2.26. The Kier molecular flexibility index (Phi) is 3.74. The Morgan fingerprint density at radius 2 is 2.33 bits per heavy atom. The van der Waals surface area contributed by atoms with E-state index < -0.39 is 0 Å². The van der Waals surface area contributed by atoms with E-state index in [2.05, 4.69) is 36.8 Å². The molecule has 0 bridgehead atoms. The fourth-order valence-electron chi connectivity index (χ4n) is 2.68. The van der Waals surface area contributed by atoms with Gasteiger partial charge in [-0.3, -0.25) is 9.80 Å². The Hall–Kier alpha value is -1.31. The molecule has 4 nitrogen and oxygen atoms in total. The molecule has 18 heavy (non-hydrogen) atoms. The van der Waals surface area contributed by atoms with Gasteiger partial charge in [0.15, 0.2) is 0 Å². The van der Waals surface area contributed by atoms with Gasteiger partial charge in [-0.1, -0.05) is 0 Å². The number of hydrogen-bond donors (Lipinski definition) is 0. The molecule has 0 saturated carbocycles. The van der Waals surface area contributed by atoms with Crippen molar-refractivity contribution in [2.75, 3.05) is 20.1 Å². The van der Waals surface area contributed by atoms with Crippen LogP contribution in [0.1, 0.15) is 26.0 Å². The zero-order valence-electron chi connectivity index (χ0n) is 11.4. The molecule has 0 aliphatic carbocycles. The number of nitriles is 1. The zero-order chi connectivity index (χ0) is 13.2. The molecule has 2 heterocycles. The Bertz CT molecular complexity index is 419. The molecule has 0 amide bonds. The van der Waals surface area contributed by atoms with Crippen LogP contribution < -0.4 is 0 Å². The highest BCUT2D eigenvalue weighted by Gasteiger charge is 2.37. The highest BCUT2D eigenvalue weighted by molar-refractivity contribution is 5.02. The van der Waals surface area contributed by atoms with Crippen LogP contribution in [0.5, 0.6) is 0 Å². The fourth-order valence-corrected chi connectivity index (χ4v) is 2.68. The minimum absolute atomic E-state index is 0.105. The molecule has 4 heteroatoms. The number of likely N-dealkylation sites (N-methyl/N-ethyl adjacent to an activating group) is 1. The molecule has 0 aromatic carbocycles. The Morgan fingerprint density at radius 3 is 2.94 bits per heavy atom. The van der Waals surface area contributed by atoms with Crippen molar-refractivity contribution in [1.29, 1.82) is 5.26 Å². The molecule has 0 radical (unpaired) electrons. The van der Waals surface area contributed by atoms with Crippen molar-refractivity contribution in [3.05, 3.63) is 24.2 Å². The molecule has 98 valence electrons. The third kappa shape index (κ3) is 2.74. The topological polar surface area (TPSA) is 43.4 Å². The van der Waals surface area contributed by atoms with Gasteiger partial charge >= 0.3 is 0 Å². The molecular weight excluding hydrogens is 226 g/mol. The molecule has 0 spiro atoms. The number of hydrogen-bond acceptors (Lipinski definition) is 4. The van der Waals surface area contributed by atoms with E-state index in [1.807, 2.05) is 12.1 Å². The average Bonchev–Trinajstić information content (AvgIpc) is 2.77. The van der Waals surface area contributed by atoms with E-state index in [-0.39, 0.29) is 5.54 Å². The second-order valence-corrected chi connectivity index (χ2v) is 5.70. The Balaban J connectivity index is 2.09. The summed E-state index contributed by atoms with van der Waals surface area (Å²) in [4.78, 5) is 4.70. The van der Waals surface area contributed by atoms with Crippen molar-refractivity contribution in [2.45, 2.75) is 38.4 Å². The molecule has 1 aromatic heterocycles. The molecule has 0 N–H and O–H groups in total. The largest absolute Gasteiger partial charge is 0.468 e. The van der Waals surface area contributed by atoms with Gasteiger partial charge in [0, 0.05) is 24.7 Å². The van der Waals surface area contributed by atoms with Gasteiger partial charge in [-0.15, -0.1) is 0 Å². The number of nitrogens with zero attached hydrogens (tertiary/aromatic N) is 3. The molecule has 1 aliphatic heterocycles. The number of rotatable bonds is 3. The predicted molar refractivity (Wildman–Crippen MR) is 69.8 cm³/mol. The monoisotopic (exact) mass is 247 g/mol. The van der Waals surface area contributed by atoms with Gasteiger partial charge in [0.1, 0.15) is 5.76 Å². The highest BCUT2D eigenvalue weighted by atomic mass is 16.3. The van der Waals surface area contributed by atoms with Crippen LogP contribution in [0.3, 0.4) is 0 Å². The lowest BCUT2D eigenvalue weighted by Crippen LogP contribution is -2.61. The van der Waals surface area contributed by atoms with Gasteiger partial charge in [0.25, 0.3) is 0 Å². The lowest BCUT2D eigenvalue weighted by atomic mass is 9.94. The van der Waals surface area contributed by atoms with Crippen LogP contribution in [0.15, 0.2) is 22.8 Å². The van der Waals surface area contributed by atoms with Gasteiger partial charge in [-0.25, -0.2) is 0 Å². The summed E-state index contributed by atoms with van der Waals surface area (Å²) in [5.41, 5.74) is 0.105. The third-order valence-electron chi connectivity index (χ3n) is 3.80. The SMILES string of the molecule is CN1CC(C)(C)N(Cc2ccco2)CC1CC#N. The molecule has 1 atom stereocenters. The first-order chi connectivity index (χ1) is 8.53. The van der Waals surface area contributed by atoms with Gasteiger partial charge in [-0.05, 0) is 33.0 Å². The molecule has 1 aromatic rings. The van der Waals surface area contributed by atoms with E-state index in [1.165, 1.54) is 0 Å². The van der Waals surface area contributed by atoms with Gasteiger partial charge in [-0.2, -0.15) is 5.26 Å². The summed E-state index contributed by atoms with van der Waals surface area (Å²) in [5, 5.41) is 8.90. The van der Waals surface area contributed by atoms with Crippen LogP contribution in [0.25, 0.3) is 0 Å². The number of piperazine rings is 1. The summed E-state index contributed by atoms with van der Waals surface area (Å²) in [6, 6.07) is 6.53. The quantitative estimate of drug-likeness (QED) is 0.820. The van der Waals surface area contributed by atoms with E-state index in [1.54, 1.807) is 6.26 Å². The van der Waals surface area contributed by atoms with Gasteiger partial charge in [0.05, 0.1) is 25.3 Å². The fraction of sp³-hybridized carbons (Fsp3) is 0.643. The predicted octanol–water partition coefficient (Wildman–Crippen LogP) is 2.09. The molecule has 1 aliphatic rings. The summed E-state index contributed by atoms with van der Waals surface area (Å²) in [6.07, 6.45) is 2.30. The second-order valence-electron chi connectivity index (χ2n) is 5.70. The Labute approximate surface area is 109 Å². The van der Waals surface area contributed by atoms with E-state index in [0.29, 0.717) is 12.5 Å². The first-order valence-corrected chi connectivity index (χ1v) is 6.37. The molecular formula is C14H21N3O. The van der Waals surface area contributed by atoms with Gasteiger partial charge in [0.2, 0.25) is 0 Å². The van der Waals surface area contributed by atoms with Crippen molar-refractivity contribution in [3.63, 3.8) is 0 Å². The standard InChI is InChI=1S/C14H21N3O/c1-14(2)11-16(3)12(6-7-15)9-17(14)10-13-5-4-8-18-13/h4-5,8,12H,6,9-11H2,1-3H3. The van der Waals surface area contributed by atoms with Crippen molar-refractivity contribution in [2.24, 2.45) is 0 Å². The van der Waals surface area contributed by atoms with E-state index >= 15 is 0 Å². The maximum absolute atomic E-state index is 8.90. The van der Waals surface area contributed by atoms with E-state index in [9.17, 15) is 0 Å². The summed E-state index contributed by atoms with van der Waals surface area (Å²) in [5.74, 6) is 0.989. The van der Waals surface area contributed by atoms with E-state index in [4.69, 9.17) is 9.68 Å². The van der Waals surface area contributed by atoms with Crippen LogP contribution in [0.2, 0.25) is 0 Å². The average molecular weight is 247 g/mol. The maximum Gasteiger partial charge on any atom is 0.117 e. The first kappa shape index (κ1) is 13.1. The summed E-state index contributed by atoms with van der Waals surface area (Å²) in [7, 11) is 2.11. The van der Waals surface area contributed by atoms with Gasteiger partial charge < -0.3 is 4.42 Å². The minimum atomic E-state index is 0.105.